The van der Waals surface area contributed by atoms with Crippen molar-refractivity contribution in [3.05, 3.63) is 59.7 Å². The van der Waals surface area contributed by atoms with Crippen LogP contribution in [0.3, 0.4) is 0 Å². The van der Waals surface area contributed by atoms with E-state index in [1.807, 2.05) is 41.1 Å². The number of hydrogen-bond acceptors (Lipinski definition) is 5. The number of benzene rings is 1. The van der Waals surface area contributed by atoms with Crippen LogP contribution in [0, 0.1) is 0 Å². The largest absolute Gasteiger partial charge is 0.497 e. The van der Waals surface area contributed by atoms with Gasteiger partial charge in [-0.25, -0.2) is 4.68 Å². The van der Waals surface area contributed by atoms with Gasteiger partial charge in [-0.2, -0.15) is 0 Å². The fourth-order valence-corrected chi connectivity index (χ4v) is 3.40. The van der Waals surface area contributed by atoms with Crippen LogP contribution in [0.2, 0.25) is 0 Å². The Hall–Kier alpha value is -3.02. The standard InChI is InChI=1S/C19H19N3O3/c1-20-19-18-15(10-12(11-16(18)23)17-4-3-9-25-17)22(21-19)13-5-7-14(24-2)8-6-13/h3-9,12H,10-11H2,1-2H3,(H,20,21). The van der Waals surface area contributed by atoms with Gasteiger partial charge in [0.25, 0.3) is 0 Å². The molecule has 0 fully saturated rings. The fraction of sp³-hybridized carbons (Fsp3) is 0.263. The molecule has 2 heterocycles. The van der Waals surface area contributed by atoms with E-state index in [1.165, 1.54) is 0 Å². The summed E-state index contributed by atoms with van der Waals surface area (Å²) in [4.78, 5) is 12.8. The first-order valence-electron chi connectivity index (χ1n) is 8.22. The molecule has 0 bridgehead atoms. The molecule has 1 aromatic carbocycles. The highest BCUT2D eigenvalue weighted by Crippen LogP contribution is 2.37. The highest BCUT2D eigenvalue weighted by atomic mass is 16.5. The van der Waals surface area contributed by atoms with E-state index < -0.39 is 0 Å². The number of rotatable bonds is 4. The van der Waals surface area contributed by atoms with Crippen LogP contribution < -0.4 is 10.1 Å². The highest BCUT2D eigenvalue weighted by Gasteiger charge is 2.34. The molecule has 6 nitrogen and oxygen atoms in total. The van der Waals surface area contributed by atoms with Crippen molar-refractivity contribution in [1.82, 2.24) is 9.78 Å². The van der Waals surface area contributed by atoms with Gasteiger partial charge in [0.15, 0.2) is 11.6 Å². The van der Waals surface area contributed by atoms with Crippen LogP contribution in [0.15, 0.2) is 47.1 Å². The molecule has 0 spiro atoms. The van der Waals surface area contributed by atoms with Crippen LogP contribution in [0.4, 0.5) is 5.82 Å². The Bertz CT molecular complexity index is 895. The molecule has 0 aliphatic heterocycles. The van der Waals surface area contributed by atoms with Gasteiger partial charge in [-0.1, -0.05) is 0 Å². The fourth-order valence-electron chi connectivity index (χ4n) is 3.40. The number of carbonyl (C=O) groups is 1. The summed E-state index contributed by atoms with van der Waals surface area (Å²) < 4.78 is 12.6. The molecule has 2 aromatic heterocycles. The average Bonchev–Trinajstić information content (AvgIpc) is 3.29. The Kier molecular flexibility index (Phi) is 3.80. The van der Waals surface area contributed by atoms with Crippen molar-refractivity contribution in [3.8, 4) is 11.4 Å². The summed E-state index contributed by atoms with van der Waals surface area (Å²) in [6.07, 6.45) is 2.79. The van der Waals surface area contributed by atoms with Crippen molar-refractivity contribution in [2.75, 3.05) is 19.5 Å². The van der Waals surface area contributed by atoms with Crippen molar-refractivity contribution in [1.29, 1.82) is 0 Å². The van der Waals surface area contributed by atoms with Gasteiger partial charge in [0.2, 0.25) is 0 Å². The van der Waals surface area contributed by atoms with Crippen molar-refractivity contribution in [2.45, 2.75) is 18.8 Å². The average molecular weight is 337 g/mol. The molecular formula is C19H19N3O3. The van der Waals surface area contributed by atoms with Crippen LogP contribution in [0.25, 0.3) is 5.69 Å². The van der Waals surface area contributed by atoms with Gasteiger partial charge in [0.1, 0.15) is 11.5 Å². The lowest BCUT2D eigenvalue weighted by Crippen LogP contribution is -2.20. The maximum absolute atomic E-state index is 12.8. The molecule has 0 saturated carbocycles. The zero-order valence-electron chi connectivity index (χ0n) is 14.2. The summed E-state index contributed by atoms with van der Waals surface area (Å²) in [5.74, 6) is 2.37. The molecule has 0 amide bonds. The van der Waals surface area contributed by atoms with Gasteiger partial charge in [-0.3, -0.25) is 4.79 Å². The van der Waals surface area contributed by atoms with Gasteiger partial charge in [-0.15, -0.1) is 5.10 Å². The predicted molar refractivity (Wildman–Crippen MR) is 93.8 cm³/mol. The molecule has 1 N–H and O–H groups in total. The molecule has 3 aromatic rings. The Morgan fingerprint density at radius 1 is 1.24 bits per heavy atom. The summed E-state index contributed by atoms with van der Waals surface area (Å²) in [6.45, 7) is 0. The molecule has 1 unspecified atom stereocenters. The number of fused-ring (bicyclic) bond motifs is 1. The smallest absolute Gasteiger partial charge is 0.169 e. The molecule has 0 saturated heterocycles. The summed E-state index contributed by atoms with van der Waals surface area (Å²) in [5, 5.41) is 7.66. The van der Waals surface area contributed by atoms with Crippen LogP contribution in [0.1, 0.15) is 34.2 Å². The third-order valence-electron chi connectivity index (χ3n) is 4.63. The monoisotopic (exact) mass is 337 g/mol. The minimum atomic E-state index is 0.0356. The molecule has 0 radical (unpaired) electrons. The topological polar surface area (TPSA) is 69.3 Å². The Labute approximate surface area is 145 Å². The number of furan rings is 1. The van der Waals surface area contributed by atoms with E-state index in [-0.39, 0.29) is 11.7 Å². The molecule has 6 heteroatoms. The lowest BCUT2D eigenvalue weighted by atomic mass is 9.85. The Morgan fingerprint density at radius 2 is 2.04 bits per heavy atom. The van der Waals surface area contributed by atoms with Gasteiger partial charge in [-0.05, 0) is 36.4 Å². The first-order chi connectivity index (χ1) is 12.2. The van der Waals surface area contributed by atoms with Crippen LogP contribution in [-0.2, 0) is 6.42 Å². The van der Waals surface area contributed by atoms with E-state index in [2.05, 4.69) is 10.4 Å². The molecule has 1 aliphatic rings. The second-order valence-electron chi connectivity index (χ2n) is 6.07. The van der Waals surface area contributed by atoms with E-state index in [0.29, 0.717) is 24.2 Å². The van der Waals surface area contributed by atoms with Gasteiger partial charge >= 0.3 is 0 Å². The maximum Gasteiger partial charge on any atom is 0.169 e. The molecule has 4 rings (SSSR count). The number of nitrogens with zero attached hydrogens (tertiary/aromatic N) is 2. The van der Waals surface area contributed by atoms with Crippen molar-refractivity contribution in [2.24, 2.45) is 0 Å². The molecule has 1 aliphatic carbocycles. The minimum Gasteiger partial charge on any atom is -0.497 e. The number of nitrogens with one attached hydrogen (secondary N) is 1. The van der Waals surface area contributed by atoms with Gasteiger partial charge in [0.05, 0.1) is 30.3 Å². The number of hydrogen-bond donors (Lipinski definition) is 1. The second kappa shape index (κ2) is 6.12. The lowest BCUT2D eigenvalue weighted by molar-refractivity contribution is 0.0960. The van der Waals surface area contributed by atoms with Crippen LogP contribution >= 0.6 is 0 Å². The SMILES string of the molecule is CNc1nn(-c2ccc(OC)cc2)c2c1C(=O)CC(c1ccco1)C2. The van der Waals surface area contributed by atoms with Crippen LogP contribution in [-0.4, -0.2) is 29.7 Å². The van der Waals surface area contributed by atoms with Crippen molar-refractivity contribution >= 4 is 11.6 Å². The summed E-state index contributed by atoms with van der Waals surface area (Å²) in [6, 6.07) is 11.4. The molecular weight excluding hydrogens is 318 g/mol. The number of Topliss-reactive ketones (excluding diaryl/α,β-unsaturated/α-hetero) is 1. The Balaban J connectivity index is 1.80. The van der Waals surface area contributed by atoms with Crippen molar-refractivity contribution in [3.63, 3.8) is 0 Å². The first-order valence-corrected chi connectivity index (χ1v) is 8.22. The third kappa shape index (κ3) is 2.59. The second-order valence-corrected chi connectivity index (χ2v) is 6.07. The summed E-state index contributed by atoms with van der Waals surface area (Å²) in [5.41, 5.74) is 2.49. The van der Waals surface area contributed by atoms with E-state index in [4.69, 9.17) is 9.15 Å². The highest BCUT2D eigenvalue weighted by molar-refractivity contribution is 6.03. The number of carbonyl (C=O) groups excluding carboxylic acids is 1. The lowest BCUT2D eigenvalue weighted by Gasteiger charge is -2.21. The number of anilines is 1. The molecule has 1 atom stereocenters. The zero-order valence-corrected chi connectivity index (χ0v) is 14.2. The number of ether oxygens (including phenoxy) is 1. The normalized spacial score (nSPS) is 16.6. The predicted octanol–water partition coefficient (Wildman–Crippen LogP) is 3.43. The van der Waals surface area contributed by atoms with E-state index in [1.54, 1.807) is 20.4 Å². The number of methoxy groups -OCH3 is 1. The third-order valence-corrected chi connectivity index (χ3v) is 4.63. The summed E-state index contributed by atoms with van der Waals surface area (Å²) >= 11 is 0. The zero-order chi connectivity index (χ0) is 17.4. The first kappa shape index (κ1) is 15.5. The summed E-state index contributed by atoms with van der Waals surface area (Å²) in [7, 11) is 3.42. The van der Waals surface area contributed by atoms with E-state index >= 15 is 0 Å². The van der Waals surface area contributed by atoms with E-state index in [9.17, 15) is 4.79 Å². The van der Waals surface area contributed by atoms with Crippen molar-refractivity contribution < 1.29 is 13.9 Å². The van der Waals surface area contributed by atoms with E-state index in [0.717, 1.165) is 22.9 Å². The Morgan fingerprint density at radius 3 is 2.68 bits per heavy atom. The quantitative estimate of drug-likeness (QED) is 0.790. The maximum atomic E-state index is 12.8. The molecule has 128 valence electrons. The van der Waals surface area contributed by atoms with Crippen LogP contribution in [0.5, 0.6) is 5.75 Å². The minimum absolute atomic E-state index is 0.0356. The van der Waals surface area contributed by atoms with Gasteiger partial charge in [0, 0.05) is 25.8 Å². The number of aromatic nitrogens is 2. The van der Waals surface area contributed by atoms with Gasteiger partial charge < -0.3 is 14.5 Å². The number of ketones is 1. The molecule has 25 heavy (non-hydrogen) atoms.